The number of carbonyl (C=O) groups is 1. The summed E-state index contributed by atoms with van der Waals surface area (Å²) in [6, 6.07) is 6.44. The molecule has 2 aliphatic heterocycles. The minimum atomic E-state index is 0.230. The molecule has 5 heteroatoms. The maximum atomic E-state index is 12.7. The first-order valence-corrected chi connectivity index (χ1v) is 9.08. The largest absolute Gasteiger partial charge is 0.368 e. The van der Waals surface area contributed by atoms with Gasteiger partial charge in [0.25, 0.3) is 0 Å². The molecule has 1 aromatic rings. The number of anilines is 1. The zero-order valence-corrected chi connectivity index (χ0v) is 14.7. The lowest BCUT2D eigenvalue weighted by Gasteiger charge is -2.38. The summed E-state index contributed by atoms with van der Waals surface area (Å²) in [6.45, 7) is 7.20. The van der Waals surface area contributed by atoms with Gasteiger partial charge in [-0.2, -0.15) is 0 Å². The van der Waals surface area contributed by atoms with E-state index < -0.39 is 0 Å². The SMILES string of the molecule is Cc1ccc(N2CCN(C(=O)N3CCCCCC3)CC2)cc1Cl. The summed E-state index contributed by atoms with van der Waals surface area (Å²) < 4.78 is 0. The number of piperazine rings is 1. The molecule has 0 unspecified atom stereocenters. The first-order valence-electron chi connectivity index (χ1n) is 8.70. The van der Waals surface area contributed by atoms with Crippen molar-refractivity contribution in [3.05, 3.63) is 28.8 Å². The molecule has 2 fully saturated rings. The van der Waals surface area contributed by atoms with E-state index in [1.54, 1.807) is 0 Å². The number of likely N-dealkylation sites (tertiary alicyclic amines) is 1. The molecular formula is C18H26ClN3O. The van der Waals surface area contributed by atoms with Crippen LogP contribution in [0.2, 0.25) is 5.02 Å². The average Bonchev–Trinajstić information content (AvgIpc) is 2.86. The third-order valence-electron chi connectivity index (χ3n) is 4.95. The highest BCUT2D eigenvalue weighted by Gasteiger charge is 2.25. The van der Waals surface area contributed by atoms with E-state index in [9.17, 15) is 4.79 Å². The van der Waals surface area contributed by atoms with Crippen LogP contribution < -0.4 is 4.90 Å². The molecule has 0 radical (unpaired) electrons. The monoisotopic (exact) mass is 335 g/mol. The number of hydrogen-bond acceptors (Lipinski definition) is 2. The Labute approximate surface area is 144 Å². The van der Waals surface area contributed by atoms with E-state index in [1.165, 1.54) is 12.8 Å². The molecule has 0 spiro atoms. The van der Waals surface area contributed by atoms with Crippen molar-refractivity contribution in [1.29, 1.82) is 0 Å². The summed E-state index contributed by atoms with van der Waals surface area (Å²) >= 11 is 6.23. The minimum Gasteiger partial charge on any atom is -0.368 e. The number of hydrogen-bond donors (Lipinski definition) is 0. The number of nitrogens with zero attached hydrogens (tertiary/aromatic N) is 3. The summed E-state index contributed by atoms with van der Waals surface area (Å²) in [5.41, 5.74) is 2.26. The summed E-state index contributed by atoms with van der Waals surface area (Å²) in [7, 11) is 0. The molecule has 0 atom stereocenters. The lowest BCUT2D eigenvalue weighted by molar-refractivity contribution is 0.151. The van der Waals surface area contributed by atoms with Gasteiger partial charge in [0.1, 0.15) is 0 Å². The first kappa shape index (κ1) is 16.4. The van der Waals surface area contributed by atoms with E-state index in [0.717, 1.165) is 68.4 Å². The van der Waals surface area contributed by atoms with Gasteiger partial charge in [-0.3, -0.25) is 0 Å². The van der Waals surface area contributed by atoms with Crippen LogP contribution >= 0.6 is 11.6 Å². The molecule has 0 bridgehead atoms. The van der Waals surface area contributed by atoms with E-state index in [0.29, 0.717) is 0 Å². The van der Waals surface area contributed by atoms with Gasteiger partial charge in [0.2, 0.25) is 0 Å². The van der Waals surface area contributed by atoms with Crippen molar-refractivity contribution >= 4 is 23.3 Å². The molecule has 2 aliphatic rings. The highest BCUT2D eigenvalue weighted by molar-refractivity contribution is 6.31. The third-order valence-corrected chi connectivity index (χ3v) is 5.35. The quantitative estimate of drug-likeness (QED) is 0.781. The number of aryl methyl sites for hydroxylation is 1. The van der Waals surface area contributed by atoms with Gasteiger partial charge >= 0.3 is 6.03 Å². The van der Waals surface area contributed by atoms with Crippen LogP contribution in [0.5, 0.6) is 0 Å². The molecule has 2 amide bonds. The fourth-order valence-corrected chi connectivity index (χ4v) is 3.57. The number of rotatable bonds is 1. The molecule has 0 N–H and O–H groups in total. The molecule has 0 aromatic heterocycles. The predicted octanol–water partition coefficient (Wildman–Crippen LogP) is 3.77. The lowest BCUT2D eigenvalue weighted by Crippen LogP contribution is -2.53. The maximum Gasteiger partial charge on any atom is 0.320 e. The highest BCUT2D eigenvalue weighted by atomic mass is 35.5. The number of benzene rings is 1. The van der Waals surface area contributed by atoms with Crippen molar-refractivity contribution < 1.29 is 4.79 Å². The summed E-state index contributed by atoms with van der Waals surface area (Å²) in [6.07, 6.45) is 4.80. The van der Waals surface area contributed by atoms with Crippen molar-refractivity contribution in [3.63, 3.8) is 0 Å². The van der Waals surface area contributed by atoms with Crippen molar-refractivity contribution in [2.75, 3.05) is 44.2 Å². The van der Waals surface area contributed by atoms with Crippen molar-refractivity contribution in [1.82, 2.24) is 9.80 Å². The van der Waals surface area contributed by atoms with Crippen LogP contribution in [0.15, 0.2) is 18.2 Å². The van der Waals surface area contributed by atoms with Gasteiger partial charge in [-0.15, -0.1) is 0 Å². The van der Waals surface area contributed by atoms with E-state index in [-0.39, 0.29) is 6.03 Å². The molecule has 23 heavy (non-hydrogen) atoms. The molecule has 2 heterocycles. The fourth-order valence-electron chi connectivity index (χ4n) is 3.40. The van der Waals surface area contributed by atoms with Crippen LogP contribution in [0, 0.1) is 6.92 Å². The second-order valence-electron chi connectivity index (χ2n) is 6.59. The Kier molecular flexibility index (Phi) is 5.31. The number of halogens is 1. The highest BCUT2D eigenvalue weighted by Crippen LogP contribution is 2.24. The van der Waals surface area contributed by atoms with Crippen LogP contribution in [0.4, 0.5) is 10.5 Å². The van der Waals surface area contributed by atoms with Crippen LogP contribution in [-0.4, -0.2) is 55.1 Å². The lowest BCUT2D eigenvalue weighted by atomic mass is 10.2. The second-order valence-corrected chi connectivity index (χ2v) is 7.00. The molecule has 0 saturated carbocycles. The third kappa shape index (κ3) is 3.92. The Morgan fingerprint density at radius 2 is 1.52 bits per heavy atom. The van der Waals surface area contributed by atoms with E-state index in [1.807, 2.05) is 22.8 Å². The van der Waals surface area contributed by atoms with E-state index in [2.05, 4.69) is 17.0 Å². The Morgan fingerprint density at radius 3 is 2.13 bits per heavy atom. The van der Waals surface area contributed by atoms with Crippen LogP contribution in [0.1, 0.15) is 31.2 Å². The van der Waals surface area contributed by atoms with E-state index >= 15 is 0 Å². The summed E-state index contributed by atoms with van der Waals surface area (Å²) in [5.74, 6) is 0. The van der Waals surface area contributed by atoms with Crippen LogP contribution in [0.25, 0.3) is 0 Å². The summed E-state index contributed by atoms with van der Waals surface area (Å²) in [4.78, 5) is 19.0. The zero-order chi connectivity index (χ0) is 16.2. The van der Waals surface area contributed by atoms with Gasteiger partial charge in [0, 0.05) is 50.0 Å². The van der Waals surface area contributed by atoms with Gasteiger partial charge in [0.15, 0.2) is 0 Å². The van der Waals surface area contributed by atoms with Crippen LogP contribution in [-0.2, 0) is 0 Å². The standard InChI is InChI=1S/C18H26ClN3O/c1-15-6-7-16(14-17(15)19)20-10-12-22(13-11-20)18(23)21-8-4-2-3-5-9-21/h6-7,14H,2-5,8-13H2,1H3. The predicted molar refractivity (Wildman–Crippen MR) is 95.4 cm³/mol. The molecule has 3 rings (SSSR count). The number of carbonyl (C=O) groups excluding carboxylic acids is 1. The van der Waals surface area contributed by atoms with Crippen molar-refractivity contribution in [3.8, 4) is 0 Å². The topological polar surface area (TPSA) is 26.8 Å². The Hall–Kier alpha value is -1.42. The normalized spacial score (nSPS) is 19.7. The fraction of sp³-hybridized carbons (Fsp3) is 0.611. The Morgan fingerprint density at radius 1 is 0.913 bits per heavy atom. The minimum absolute atomic E-state index is 0.230. The zero-order valence-electron chi connectivity index (χ0n) is 13.9. The van der Waals surface area contributed by atoms with Gasteiger partial charge < -0.3 is 14.7 Å². The molecule has 1 aromatic carbocycles. The first-order chi connectivity index (χ1) is 11.1. The van der Waals surface area contributed by atoms with Crippen molar-refractivity contribution in [2.45, 2.75) is 32.6 Å². The van der Waals surface area contributed by atoms with Gasteiger partial charge in [-0.1, -0.05) is 30.5 Å². The summed E-state index contributed by atoms with van der Waals surface area (Å²) in [5, 5.41) is 0.811. The van der Waals surface area contributed by atoms with Gasteiger partial charge in [-0.25, -0.2) is 4.79 Å². The average molecular weight is 336 g/mol. The second kappa shape index (κ2) is 7.43. The van der Waals surface area contributed by atoms with Gasteiger partial charge in [0.05, 0.1) is 0 Å². The molecule has 0 aliphatic carbocycles. The molecule has 4 nitrogen and oxygen atoms in total. The van der Waals surface area contributed by atoms with E-state index in [4.69, 9.17) is 11.6 Å². The van der Waals surface area contributed by atoms with Gasteiger partial charge in [-0.05, 0) is 37.5 Å². The van der Waals surface area contributed by atoms with Crippen molar-refractivity contribution in [2.24, 2.45) is 0 Å². The smallest absolute Gasteiger partial charge is 0.320 e. The molecular weight excluding hydrogens is 310 g/mol. The Bertz CT molecular complexity index is 547. The Balaban J connectivity index is 1.57. The number of amides is 2. The maximum absolute atomic E-state index is 12.7. The molecule has 126 valence electrons. The molecule has 2 saturated heterocycles. The van der Waals surface area contributed by atoms with Crippen LogP contribution in [0.3, 0.4) is 0 Å². The number of urea groups is 1.